The molecule has 0 saturated heterocycles. The molecule has 9 heteroatoms. The highest BCUT2D eigenvalue weighted by Crippen LogP contribution is 2.44. The molecule has 5 rings (SSSR count). The van der Waals surface area contributed by atoms with E-state index in [4.69, 9.17) is 31.7 Å². The van der Waals surface area contributed by atoms with E-state index >= 15 is 0 Å². The molecular weight excluding hydrogens is 765 g/mol. The molecular formula is C51H70N4O4S. The molecule has 3 aromatic heterocycles. The maximum absolute atomic E-state index is 13.4. The fourth-order valence-electron chi connectivity index (χ4n) is 8.79. The molecule has 0 radical (unpaired) electrons. The van der Waals surface area contributed by atoms with Crippen LogP contribution in [0.15, 0.2) is 42.2 Å². The van der Waals surface area contributed by atoms with Gasteiger partial charge < -0.3 is 24.2 Å². The Morgan fingerprint density at radius 1 is 0.867 bits per heavy atom. The SMILES string of the molecule is CCC1=Cc2cc3cc(C)c(cc4nc(c(C(C=O)C(=O)OC)c5cc(C)c(cc1n2)[nH]5)C(CCC(=S)O/C=C(\C)CCCC(C)CCCC(C)CCCC(C)C)C4C)[nH]3. The molecule has 60 heavy (non-hydrogen) atoms. The second-order valence-electron chi connectivity index (χ2n) is 18.2. The molecule has 0 aromatic carbocycles. The number of aryl methyl sites for hydroxylation is 2. The normalized spacial score (nSPS) is 17.0. The lowest BCUT2D eigenvalue weighted by Gasteiger charge is -2.20. The standard InChI is InChI=1S/C51H70N4O4S/c1-11-38-25-40-26-39-23-35(7)43(52-39)27-45-37(9)41(50(55-45)49(42(29-56)51(57)58-10)47-24-36(8)44(54-47)28-46(38)53-40)21-22-48(60)59-30-34(6)20-14-19-33(5)18-13-17-32(4)16-12-15-31(2)3/h23-33,37,41-42,52,54H,11-22H2,1-10H3/b34-30+,39-26?,40-26?,43-27?,44-28?,45-27?,46-28?,49-47?,50-49?. The number of aromatic nitrogens is 4. The smallest absolute Gasteiger partial charge is 0.320 e. The van der Waals surface area contributed by atoms with Crippen LogP contribution in [0.3, 0.4) is 0 Å². The minimum atomic E-state index is -1.18. The minimum absolute atomic E-state index is 0.0472. The van der Waals surface area contributed by atoms with Crippen molar-refractivity contribution < 1.29 is 19.1 Å². The van der Waals surface area contributed by atoms with Crippen LogP contribution in [0.2, 0.25) is 0 Å². The minimum Gasteiger partial charge on any atom is -0.468 e. The number of allylic oxidation sites excluding steroid dienone is 2. The van der Waals surface area contributed by atoms with E-state index in [-0.39, 0.29) is 11.8 Å². The maximum Gasteiger partial charge on any atom is 0.320 e. The Morgan fingerprint density at radius 2 is 1.53 bits per heavy atom. The van der Waals surface area contributed by atoms with Gasteiger partial charge in [-0.1, -0.05) is 86.5 Å². The first-order chi connectivity index (χ1) is 28.7. The number of nitrogens with zero attached hydrogens (tertiary/aromatic N) is 2. The van der Waals surface area contributed by atoms with Gasteiger partial charge in [0.15, 0.2) is 5.05 Å². The number of carbonyl (C=O) groups is 2. The number of methoxy groups -OCH3 is 1. The second-order valence-corrected chi connectivity index (χ2v) is 18.7. The molecule has 2 aliphatic heterocycles. The van der Waals surface area contributed by atoms with Crippen LogP contribution < -0.4 is 0 Å². The van der Waals surface area contributed by atoms with Gasteiger partial charge in [-0.3, -0.25) is 9.78 Å². The van der Waals surface area contributed by atoms with Crippen LogP contribution in [0, 0.1) is 31.6 Å². The molecule has 324 valence electrons. The summed E-state index contributed by atoms with van der Waals surface area (Å²) >= 11 is 5.81. The molecule has 5 atom stereocenters. The zero-order valence-electron chi connectivity index (χ0n) is 38.0. The summed E-state index contributed by atoms with van der Waals surface area (Å²) in [5.74, 6) is 0.331. The third-order valence-corrected chi connectivity index (χ3v) is 12.9. The summed E-state index contributed by atoms with van der Waals surface area (Å²) in [6.07, 6.45) is 17.9. The van der Waals surface area contributed by atoms with Crippen LogP contribution in [-0.2, 0) is 19.1 Å². The number of nitrogens with one attached hydrogen (secondary N) is 2. The number of carbonyl (C=O) groups excluding carboxylic acids is 2. The summed E-state index contributed by atoms with van der Waals surface area (Å²) in [6, 6.07) is 10.3. The number of rotatable bonds is 20. The summed E-state index contributed by atoms with van der Waals surface area (Å²) in [4.78, 5) is 43.7. The van der Waals surface area contributed by atoms with E-state index in [2.05, 4.69) is 89.6 Å². The van der Waals surface area contributed by atoms with Crippen LogP contribution in [-0.4, -0.2) is 44.4 Å². The van der Waals surface area contributed by atoms with E-state index in [9.17, 15) is 9.59 Å². The van der Waals surface area contributed by atoms with E-state index in [1.54, 1.807) is 0 Å². The van der Waals surface area contributed by atoms with Crippen molar-refractivity contribution in [2.24, 2.45) is 17.8 Å². The Morgan fingerprint density at radius 3 is 2.20 bits per heavy atom. The van der Waals surface area contributed by atoms with E-state index < -0.39 is 11.9 Å². The number of H-pyrrole nitrogens is 2. The topological polar surface area (TPSA) is 110 Å². The average molecular weight is 835 g/mol. The molecule has 3 aromatic rings. The molecule has 8 nitrogen and oxygen atoms in total. The highest BCUT2D eigenvalue weighted by atomic mass is 32.1. The van der Waals surface area contributed by atoms with E-state index in [0.29, 0.717) is 41.0 Å². The van der Waals surface area contributed by atoms with Gasteiger partial charge >= 0.3 is 5.97 Å². The lowest BCUT2D eigenvalue weighted by Crippen LogP contribution is -2.19. The number of esters is 1. The number of aromatic amines is 2. The number of hydrogen-bond acceptors (Lipinski definition) is 7. The van der Waals surface area contributed by atoms with E-state index in [1.165, 1.54) is 57.6 Å². The van der Waals surface area contributed by atoms with Gasteiger partial charge in [0.25, 0.3) is 0 Å². The number of aldehydes is 1. The third-order valence-electron chi connectivity index (χ3n) is 12.6. The first-order valence-electron chi connectivity index (χ1n) is 22.5. The molecule has 2 aliphatic rings. The van der Waals surface area contributed by atoms with Crippen molar-refractivity contribution in [3.05, 3.63) is 81.6 Å². The van der Waals surface area contributed by atoms with E-state index in [0.717, 1.165) is 87.3 Å². The lowest BCUT2D eigenvalue weighted by atomic mass is 9.83. The van der Waals surface area contributed by atoms with Crippen molar-refractivity contribution in [1.29, 1.82) is 0 Å². The summed E-state index contributed by atoms with van der Waals surface area (Å²) < 4.78 is 11.3. The highest BCUT2D eigenvalue weighted by molar-refractivity contribution is 7.80. The van der Waals surface area contributed by atoms with Crippen molar-refractivity contribution in [1.82, 2.24) is 19.9 Å². The van der Waals surface area contributed by atoms with E-state index in [1.807, 2.05) is 25.3 Å². The van der Waals surface area contributed by atoms with Crippen LogP contribution >= 0.6 is 12.2 Å². The predicted octanol–water partition coefficient (Wildman–Crippen LogP) is 13.7. The maximum atomic E-state index is 13.4. The summed E-state index contributed by atoms with van der Waals surface area (Å²) in [6.45, 7) is 19.9. The fourth-order valence-corrected chi connectivity index (χ4v) is 8.96. The van der Waals surface area contributed by atoms with Crippen molar-refractivity contribution >= 4 is 63.2 Å². The van der Waals surface area contributed by atoms with Crippen molar-refractivity contribution in [3.8, 4) is 0 Å². The Hall–Kier alpha value is -4.37. The van der Waals surface area contributed by atoms with Crippen LogP contribution in [0.4, 0.5) is 0 Å². The predicted molar refractivity (Wildman–Crippen MR) is 252 cm³/mol. The van der Waals surface area contributed by atoms with Gasteiger partial charge in [0.1, 0.15) is 12.2 Å². The Labute approximate surface area is 364 Å². The quantitative estimate of drug-likeness (QED) is 0.0383. The Balaban J connectivity index is 1.37. The molecule has 2 N–H and O–H groups in total. The van der Waals surface area contributed by atoms with Crippen molar-refractivity contribution in [2.75, 3.05) is 7.11 Å². The molecule has 8 bridgehead atoms. The van der Waals surface area contributed by atoms with Crippen molar-refractivity contribution in [3.63, 3.8) is 0 Å². The number of fused-ring (bicyclic) bond motifs is 8. The molecule has 0 saturated carbocycles. The average Bonchev–Trinajstić information content (AvgIpc) is 3.95. The zero-order chi connectivity index (χ0) is 43.5. The summed E-state index contributed by atoms with van der Waals surface area (Å²) in [7, 11) is 1.31. The Kier molecular flexibility index (Phi) is 17.1. The Bertz CT molecular complexity index is 2210. The van der Waals surface area contributed by atoms with Gasteiger partial charge in [0, 0.05) is 51.6 Å². The van der Waals surface area contributed by atoms with Gasteiger partial charge in [-0.15, -0.1) is 0 Å². The number of hydrogen-bond donors (Lipinski definition) is 2. The first-order valence-corrected chi connectivity index (χ1v) is 22.9. The largest absolute Gasteiger partial charge is 0.468 e. The van der Waals surface area contributed by atoms with Gasteiger partial charge in [0.05, 0.1) is 30.5 Å². The fraction of sp³-hybridized carbons (Fsp3) is 0.549. The molecule has 0 amide bonds. The van der Waals surface area contributed by atoms with Crippen LogP contribution in [0.5, 0.6) is 0 Å². The van der Waals surface area contributed by atoms with Gasteiger partial charge in [-0.2, -0.15) is 0 Å². The van der Waals surface area contributed by atoms with Crippen molar-refractivity contribution in [2.45, 2.75) is 157 Å². The molecule has 5 heterocycles. The first kappa shape index (κ1) is 46.7. The monoisotopic (exact) mass is 835 g/mol. The van der Waals surface area contributed by atoms with Gasteiger partial charge in [0.2, 0.25) is 0 Å². The number of thiocarbonyl (C=S) groups is 1. The summed E-state index contributed by atoms with van der Waals surface area (Å²) in [5, 5.41) is 0.509. The third kappa shape index (κ3) is 12.4. The van der Waals surface area contributed by atoms with Crippen LogP contribution in [0.25, 0.3) is 33.7 Å². The molecule has 5 unspecified atom stereocenters. The molecule has 0 aliphatic carbocycles. The lowest BCUT2D eigenvalue weighted by molar-refractivity contribution is -0.143. The van der Waals surface area contributed by atoms with Gasteiger partial charge in [-0.25, -0.2) is 4.98 Å². The van der Waals surface area contributed by atoms with Gasteiger partial charge in [-0.05, 0) is 135 Å². The zero-order valence-corrected chi connectivity index (χ0v) is 38.8. The van der Waals surface area contributed by atoms with Crippen LogP contribution in [0.1, 0.15) is 183 Å². The molecule has 0 fully saturated rings. The molecule has 0 spiro atoms. The second kappa shape index (κ2) is 21.9. The summed E-state index contributed by atoms with van der Waals surface area (Å²) in [5.41, 5.74) is 11.6. The highest BCUT2D eigenvalue weighted by Gasteiger charge is 2.36. The number of ether oxygens (including phenoxy) is 2.